The fraction of sp³-hybridized carbons (Fsp3) is 0.692. The van der Waals surface area contributed by atoms with E-state index in [2.05, 4.69) is 48.6 Å². The SMILES string of the molecule is CNCC1(C(c2cc[nH]c2)N(C)C)CCC1. The van der Waals surface area contributed by atoms with Crippen molar-refractivity contribution in [1.82, 2.24) is 15.2 Å². The first-order valence-electron chi connectivity index (χ1n) is 6.13. The van der Waals surface area contributed by atoms with E-state index in [0.29, 0.717) is 11.5 Å². The van der Waals surface area contributed by atoms with E-state index in [1.165, 1.54) is 24.8 Å². The van der Waals surface area contributed by atoms with Gasteiger partial charge in [-0.05, 0) is 45.6 Å². The van der Waals surface area contributed by atoms with Crippen molar-refractivity contribution in [3.05, 3.63) is 24.0 Å². The zero-order valence-corrected chi connectivity index (χ0v) is 10.6. The van der Waals surface area contributed by atoms with Crippen LogP contribution in [0.3, 0.4) is 0 Å². The molecule has 0 bridgehead atoms. The summed E-state index contributed by atoms with van der Waals surface area (Å²) in [5.74, 6) is 0. The Bertz CT molecular complexity index is 312. The Labute approximate surface area is 98.2 Å². The molecule has 2 N–H and O–H groups in total. The van der Waals surface area contributed by atoms with Crippen LogP contribution in [0, 0.1) is 5.41 Å². The second-order valence-electron chi connectivity index (χ2n) is 5.26. The highest BCUT2D eigenvalue weighted by Crippen LogP contribution is 2.51. The summed E-state index contributed by atoms with van der Waals surface area (Å²) in [6, 6.07) is 2.74. The second kappa shape index (κ2) is 4.60. The first-order valence-corrected chi connectivity index (χ1v) is 6.13. The Balaban J connectivity index is 2.25. The minimum absolute atomic E-state index is 0.431. The van der Waals surface area contributed by atoms with Gasteiger partial charge in [0.1, 0.15) is 0 Å². The van der Waals surface area contributed by atoms with Crippen LogP contribution in [0.4, 0.5) is 0 Å². The molecule has 90 valence electrons. The van der Waals surface area contributed by atoms with Gasteiger partial charge in [0, 0.05) is 30.4 Å². The van der Waals surface area contributed by atoms with E-state index in [4.69, 9.17) is 0 Å². The molecule has 3 heteroatoms. The second-order valence-corrected chi connectivity index (χ2v) is 5.26. The van der Waals surface area contributed by atoms with Crippen molar-refractivity contribution in [2.75, 3.05) is 27.7 Å². The van der Waals surface area contributed by atoms with E-state index in [0.717, 1.165) is 6.54 Å². The summed E-state index contributed by atoms with van der Waals surface area (Å²) < 4.78 is 0. The van der Waals surface area contributed by atoms with E-state index in [9.17, 15) is 0 Å². The van der Waals surface area contributed by atoms with Gasteiger partial charge in [0.15, 0.2) is 0 Å². The van der Waals surface area contributed by atoms with Gasteiger partial charge >= 0.3 is 0 Å². The minimum Gasteiger partial charge on any atom is -0.367 e. The third-order valence-corrected chi connectivity index (χ3v) is 3.91. The van der Waals surface area contributed by atoms with Gasteiger partial charge < -0.3 is 15.2 Å². The molecule has 1 aliphatic carbocycles. The first-order chi connectivity index (χ1) is 7.69. The Morgan fingerprint density at radius 3 is 2.62 bits per heavy atom. The molecule has 1 fully saturated rings. The normalized spacial score (nSPS) is 20.8. The van der Waals surface area contributed by atoms with Crippen LogP contribution >= 0.6 is 0 Å². The van der Waals surface area contributed by atoms with Crippen molar-refractivity contribution >= 4 is 0 Å². The quantitative estimate of drug-likeness (QED) is 0.797. The van der Waals surface area contributed by atoms with Crippen LogP contribution in [0.2, 0.25) is 0 Å². The average Bonchev–Trinajstić information content (AvgIpc) is 2.67. The molecule has 0 spiro atoms. The number of rotatable bonds is 5. The van der Waals surface area contributed by atoms with Crippen LogP contribution in [-0.2, 0) is 0 Å². The van der Waals surface area contributed by atoms with Gasteiger partial charge in [-0.15, -0.1) is 0 Å². The van der Waals surface area contributed by atoms with Crippen LogP contribution < -0.4 is 5.32 Å². The molecule has 1 aromatic heterocycles. The number of aromatic amines is 1. The molecule has 1 unspecified atom stereocenters. The van der Waals surface area contributed by atoms with E-state index in [1.807, 2.05) is 6.20 Å². The van der Waals surface area contributed by atoms with E-state index >= 15 is 0 Å². The van der Waals surface area contributed by atoms with Crippen LogP contribution in [0.5, 0.6) is 0 Å². The van der Waals surface area contributed by atoms with E-state index in [1.54, 1.807) is 0 Å². The first kappa shape index (κ1) is 11.7. The third kappa shape index (κ3) is 1.89. The molecule has 0 radical (unpaired) electrons. The van der Waals surface area contributed by atoms with Gasteiger partial charge in [-0.2, -0.15) is 0 Å². The molecule has 1 saturated carbocycles. The maximum absolute atomic E-state index is 3.37. The van der Waals surface area contributed by atoms with Crippen molar-refractivity contribution < 1.29 is 0 Å². The van der Waals surface area contributed by atoms with Gasteiger partial charge in [-0.25, -0.2) is 0 Å². The van der Waals surface area contributed by atoms with Crippen molar-refractivity contribution in [2.24, 2.45) is 5.41 Å². The highest BCUT2D eigenvalue weighted by atomic mass is 15.1. The zero-order valence-electron chi connectivity index (χ0n) is 10.6. The lowest BCUT2D eigenvalue weighted by Gasteiger charge is -2.50. The van der Waals surface area contributed by atoms with Crippen molar-refractivity contribution in [3.63, 3.8) is 0 Å². The summed E-state index contributed by atoms with van der Waals surface area (Å²) in [6.07, 6.45) is 8.21. The van der Waals surface area contributed by atoms with Crippen molar-refractivity contribution in [2.45, 2.75) is 25.3 Å². The smallest absolute Gasteiger partial charge is 0.0425 e. The van der Waals surface area contributed by atoms with Crippen molar-refractivity contribution in [1.29, 1.82) is 0 Å². The van der Waals surface area contributed by atoms with Crippen molar-refractivity contribution in [3.8, 4) is 0 Å². The maximum Gasteiger partial charge on any atom is 0.0425 e. The molecule has 1 heterocycles. The molecule has 1 atom stereocenters. The zero-order chi connectivity index (χ0) is 11.6. The summed E-state index contributed by atoms with van der Waals surface area (Å²) in [5.41, 5.74) is 1.85. The molecule has 2 rings (SSSR count). The van der Waals surface area contributed by atoms with E-state index < -0.39 is 0 Å². The van der Waals surface area contributed by atoms with E-state index in [-0.39, 0.29) is 0 Å². The lowest BCUT2D eigenvalue weighted by atomic mass is 9.62. The van der Waals surface area contributed by atoms with Gasteiger partial charge in [0.25, 0.3) is 0 Å². The Morgan fingerprint density at radius 2 is 2.25 bits per heavy atom. The molecule has 0 aliphatic heterocycles. The molecule has 0 aromatic carbocycles. The molecular weight excluding hydrogens is 198 g/mol. The topological polar surface area (TPSA) is 31.1 Å². The summed E-state index contributed by atoms with van der Waals surface area (Å²) in [4.78, 5) is 5.54. The summed E-state index contributed by atoms with van der Waals surface area (Å²) in [5, 5.41) is 3.37. The average molecular weight is 221 g/mol. The fourth-order valence-electron chi connectivity index (χ4n) is 3.24. The van der Waals surface area contributed by atoms with Gasteiger partial charge in [-0.1, -0.05) is 6.42 Å². The molecule has 1 aliphatic rings. The van der Waals surface area contributed by atoms with Crippen LogP contribution in [0.1, 0.15) is 30.9 Å². The number of hydrogen-bond acceptors (Lipinski definition) is 2. The Hall–Kier alpha value is -0.800. The lowest BCUT2D eigenvalue weighted by molar-refractivity contribution is 0.0217. The minimum atomic E-state index is 0.431. The maximum atomic E-state index is 3.37. The third-order valence-electron chi connectivity index (χ3n) is 3.91. The highest BCUT2D eigenvalue weighted by Gasteiger charge is 2.45. The molecular formula is C13H23N3. The molecule has 16 heavy (non-hydrogen) atoms. The number of hydrogen-bond donors (Lipinski definition) is 2. The number of H-pyrrole nitrogens is 1. The van der Waals surface area contributed by atoms with Crippen LogP contribution in [0.25, 0.3) is 0 Å². The summed E-state index contributed by atoms with van der Waals surface area (Å²) >= 11 is 0. The summed E-state index contributed by atoms with van der Waals surface area (Å²) in [6.45, 7) is 1.11. The number of nitrogens with one attached hydrogen (secondary N) is 2. The van der Waals surface area contributed by atoms with Gasteiger partial charge in [-0.3, -0.25) is 0 Å². The molecule has 0 saturated heterocycles. The Morgan fingerprint density at radius 1 is 1.50 bits per heavy atom. The molecule has 3 nitrogen and oxygen atoms in total. The predicted molar refractivity (Wildman–Crippen MR) is 67.4 cm³/mol. The summed E-state index contributed by atoms with van der Waals surface area (Å²) in [7, 11) is 6.44. The van der Waals surface area contributed by atoms with Gasteiger partial charge in [0.05, 0.1) is 0 Å². The number of aromatic nitrogens is 1. The molecule has 0 amide bonds. The van der Waals surface area contributed by atoms with Crippen LogP contribution in [-0.4, -0.2) is 37.6 Å². The highest BCUT2D eigenvalue weighted by molar-refractivity contribution is 5.19. The van der Waals surface area contributed by atoms with Crippen LogP contribution in [0.15, 0.2) is 18.5 Å². The standard InChI is InChI=1S/C13H23N3/c1-14-10-13(6-4-7-13)12(16(2)3)11-5-8-15-9-11/h5,8-9,12,14-15H,4,6-7,10H2,1-3H3. The largest absolute Gasteiger partial charge is 0.367 e. The lowest BCUT2D eigenvalue weighted by Crippen LogP contribution is -2.48. The monoisotopic (exact) mass is 221 g/mol. The predicted octanol–water partition coefficient (Wildman–Crippen LogP) is 2.01. The number of nitrogens with zero attached hydrogens (tertiary/aromatic N) is 1. The fourth-order valence-corrected chi connectivity index (χ4v) is 3.24. The van der Waals surface area contributed by atoms with Gasteiger partial charge in [0.2, 0.25) is 0 Å². The molecule has 1 aromatic rings. The Kier molecular flexibility index (Phi) is 3.36.